The minimum absolute atomic E-state index is 0.111. The zero-order valence-electron chi connectivity index (χ0n) is 25.1. The molecule has 0 unspecified atom stereocenters. The van der Waals surface area contributed by atoms with Crippen molar-refractivity contribution in [2.75, 3.05) is 33.4 Å². The molecule has 2 aliphatic heterocycles. The highest BCUT2D eigenvalue weighted by molar-refractivity contribution is 7.18. The van der Waals surface area contributed by atoms with Crippen molar-refractivity contribution >= 4 is 27.3 Å². The van der Waals surface area contributed by atoms with E-state index in [2.05, 4.69) is 41.5 Å². The standard InChI is InChI=1S/C35H34FN5O3S/c1-3-30(43)40-13-10-35(21-42,11-14-40)41-20-25(19-38-41)33-31(27-7-6-26(36)17-29(27)44-2)34-28(9-15-45-34)32(39-33)23-4-5-24-18-37-12-8-22(24)16-23/h3-7,9,15-17,19-20,37,42H,1,8,10-14,18,21H2,2H3. The Morgan fingerprint density at radius 3 is 2.78 bits per heavy atom. The number of amides is 1. The Morgan fingerprint density at radius 2 is 2.00 bits per heavy atom. The summed E-state index contributed by atoms with van der Waals surface area (Å²) in [5.41, 5.74) is 6.91. The number of hydrogen-bond acceptors (Lipinski definition) is 7. The molecule has 230 valence electrons. The van der Waals surface area contributed by atoms with E-state index in [4.69, 9.17) is 14.8 Å². The van der Waals surface area contributed by atoms with Crippen molar-refractivity contribution in [3.8, 4) is 39.4 Å². The van der Waals surface area contributed by atoms with Crippen molar-refractivity contribution in [2.24, 2.45) is 0 Å². The number of aliphatic hydroxyl groups is 1. The van der Waals surface area contributed by atoms with Crippen LogP contribution in [0.1, 0.15) is 24.0 Å². The summed E-state index contributed by atoms with van der Waals surface area (Å²) in [7, 11) is 1.54. The van der Waals surface area contributed by atoms with Crippen LogP contribution in [-0.2, 0) is 23.3 Å². The van der Waals surface area contributed by atoms with E-state index in [-0.39, 0.29) is 18.3 Å². The summed E-state index contributed by atoms with van der Waals surface area (Å²) in [6.45, 7) is 6.29. The van der Waals surface area contributed by atoms with E-state index in [1.165, 1.54) is 29.3 Å². The van der Waals surface area contributed by atoms with E-state index in [1.807, 2.05) is 10.9 Å². The van der Waals surface area contributed by atoms with Crippen LogP contribution in [0.25, 0.3) is 43.7 Å². The third-order valence-electron chi connectivity index (χ3n) is 9.22. The Kier molecular flexibility index (Phi) is 7.72. The fourth-order valence-corrected chi connectivity index (χ4v) is 7.59. The van der Waals surface area contributed by atoms with Gasteiger partial charge in [-0.15, -0.1) is 11.3 Å². The zero-order chi connectivity index (χ0) is 31.1. The maximum atomic E-state index is 14.4. The number of carbonyl (C=O) groups excluding carboxylic acids is 1. The molecule has 0 bridgehead atoms. The average Bonchev–Trinajstić information content (AvgIpc) is 3.78. The predicted molar refractivity (Wildman–Crippen MR) is 175 cm³/mol. The van der Waals surface area contributed by atoms with E-state index in [9.17, 15) is 14.3 Å². The molecular weight excluding hydrogens is 589 g/mol. The average molecular weight is 624 g/mol. The molecule has 0 aliphatic carbocycles. The van der Waals surface area contributed by atoms with Gasteiger partial charge in [0, 0.05) is 64.2 Å². The van der Waals surface area contributed by atoms with Crippen LogP contribution < -0.4 is 10.1 Å². The van der Waals surface area contributed by atoms with Gasteiger partial charge < -0.3 is 20.1 Å². The van der Waals surface area contributed by atoms with E-state index >= 15 is 0 Å². The number of likely N-dealkylation sites (tertiary alicyclic amines) is 1. The number of methoxy groups -OCH3 is 1. The number of hydrogen-bond donors (Lipinski definition) is 2. The summed E-state index contributed by atoms with van der Waals surface area (Å²) in [4.78, 5) is 19.3. The highest BCUT2D eigenvalue weighted by Gasteiger charge is 2.38. The zero-order valence-corrected chi connectivity index (χ0v) is 25.9. The number of rotatable bonds is 7. The van der Waals surface area contributed by atoms with Crippen molar-refractivity contribution in [1.82, 2.24) is 25.0 Å². The lowest BCUT2D eigenvalue weighted by Crippen LogP contribution is -2.49. The molecule has 1 amide bonds. The lowest BCUT2D eigenvalue weighted by molar-refractivity contribution is -0.128. The van der Waals surface area contributed by atoms with Crippen molar-refractivity contribution < 1.29 is 19.0 Å². The molecule has 10 heteroatoms. The fourth-order valence-electron chi connectivity index (χ4n) is 6.64. The summed E-state index contributed by atoms with van der Waals surface area (Å²) < 4.78 is 22.9. The van der Waals surface area contributed by atoms with Crippen LogP contribution in [0.5, 0.6) is 5.75 Å². The molecule has 0 atom stereocenters. The molecule has 7 rings (SSSR count). The molecule has 1 saturated heterocycles. The van der Waals surface area contributed by atoms with Crippen molar-refractivity contribution in [2.45, 2.75) is 31.3 Å². The van der Waals surface area contributed by atoms with Crippen LogP contribution in [0.3, 0.4) is 0 Å². The number of carbonyl (C=O) groups is 1. The van der Waals surface area contributed by atoms with E-state index in [0.717, 1.165) is 57.5 Å². The molecule has 2 aromatic carbocycles. The van der Waals surface area contributed by atoms with Crippen molar-refractivity contribution in [3.63, 3.8) is 0 Å². The quantitative estimate of drug-likeness (QED) is 0.223. The normalized spacial score (nSPS) is 16.0. The number of benzene rings is 2. The second kappa shape index (κ2) is 11.8. The molecule has 1 fully saturated rings. The van der Waals surface area contributed by atoms with Gasteiger partial charge in [0.25, 0.3) is 0 Å². The Labute approximate surface area is 264 Å². The number of aliphatic hydroxyl groups excluding tert-OH is 1. The maximum absolute atomic E-state index is 14.4. The topological polar surface area (TPSA) is 92.5 Å². The maximum Gasteiger partial charge on any atom is 0.245 e. The number of fused-ring (bicyclic) bond motifs is 2. The first-order chi connectivity index (χ1) is 21.9. The molecule has 5 aromatic rings. The molecular formula is C35H34FN5O3S. The molecule has 0 spiro atoms. The lowest BCUT2D eigenvalue weighted by Gasteiger charge is -2.40. The molecule has 2 N–H and O–H groups in total. The van der Waals surface area contributed by atoms with Gasteiger partial charge in [0.15, 0.2) is 0 Å². The van der Waals surface area contributed by atoms with Gasteiger partial charge in [-0.05, 0) is 72.7 Å². The van der Waals surface area contributed by atoms with Crippen LogP contribution in [0, 0.1) is 5.82 Å². The fraction of sp³-hybridized carbons (Fsp3) is 0.286. The summed E-state index contributed by atoms with van der Waals surface area (Å²) in [5, 5.41) is 21.9. The molecule has 0 saturated carbocycles. The molecule has 0 radical (unpaired) electrons. The van der Waals surface area contributed by atoms with Crippen LogP contribution in [0.15, 0.2) is 72.9 Å². The van der Waals surface area contributed by atoms with E-state index in [0.29, 0.717) is 37.4 Å². The summed E-state index contributed by atoms with van der Waals surface area (Å²) in [6, 6.07) is 13.2. The van der Waals surface area contributed by atoms with Gasteiger partial charge in [0.05, 0.1) is 36.8 Å². The highest BCUT2D eigenvalue weighted by atomic mass is 32.1. The number of aromatic nitrogens is 3. The first-order valence-corrected chi connectivity index (χ1v) is 16.0. The van der Waals surface area contributed by atoms with E-state index < -0.39 is 5.54 Å². The summed E-state index contributed by atoms with van der Waals surface area (Å²) in [5.74, 6) is -0.0769. The Hall–Kier alpha value is -4.38. The van der Waals surface area contributed by atoms with E-state index in [1.54, 1.807) is 35.6 Å². The monoisotopic (exact) mass is 623 g/mol. The van der Waals surface area contributed by atoms with Gasteiger partial charge in [0.2, 0.25) is 5.91 Å². The predicted octanol–water partition coefficient (Wildman–Crippen LogP) is 5.78. The van der Waals surface area contributed by atoms with Gasteiger partial charge in [-0.1, -0.05) is 18.7 Å². The second-order valence-electron chi connectivity index (χ2n) is 11.7. The van der Waals surface area contributed by atoms with Crippen LogP contribution in [0.2, 0.25) is 0 Å². The summed E-state index contributed by atoms with van der Waals surface area (Å²) in [6.07, 6.45) is 7.10. The lowest BCUT2D eigenvalue weighted by atomic mass is 9.88. The molecule has 45 heavy (non-hydrogen) atoms. The van der Waals surface area contributed by atoms with Gasteiger partial charge in [-0.25, -0.2) is 9.37 Å². The Balaban J connectivity index is 1.40. The number of piperidine rings is 1. The molecule has 2 aliphatic rings. The Morgan fingerprint density at radius 1 is 1.16 bits per heavy atom. The molecule has 8 nitrogen and oxygen atoms in total. The smallest absolute Gasteiger partial charge is 0.245 e. The molecule has 5 heterocycles. The highest BCUT2D eigenvalue weighted by Crippen LogP contribution is 2.46. The third-order valence-corrected chi connectivity index (χ3v) is 10.2. The van der Waals surface area contributed by atoms with Gasteiger partial charge in [-0.2, -0.15) is 5.10 Å². The second-order valence-corrected chi connectivity index (χ2v) is 12.6. The number of ether oxygens (including phenoxy) is 1. The van der Waals surface area contributed by atoms with Crippen molar-refractivity contribution in [3.05, 3.63) is 89.8 Å². The first-order valence-electron chi connectivity index (χ1n) is 15.1. The first kappa shape index (κ1) is 29.3. The number of nitrogens with zero attached hydrogens (tertiary/aromatic N) is 4. The SMILES string of the molecule is C=CC(=O)N1CCC(CO)(n2cc(-c3nc(-c4ccc5c(c4)CCNC5)c4ccsc4c3-c3ccc(F)cc3OC)cn2)CC1. The van der Waals surface area contributed by atoms with Crippen molar-refractivity contribution in [1.29, 1.82) is 0 Å². The van der Waals surface area contributed by atoms with Gasteiger partial charge in [-0.3, -0.25) is 9.48 Å². The summed E-state index contributed by atoms with van der Waals surface area (Å²) >= 11 is 1.61. The largest absolute Gasteiger partial charge is 0.496 e. The number of halogens is 1. The van der Waals surface area contributed by atoms with Crippen LogP contribution in [0.4, 0.5) is 4.39 Å². The van der Waals surface area contributed by atoms with Crippen LogP contribution in [-0.4, -0.2) is 64.0 Å². The minimum atomic E-state index is -0.660. The number of thiophene rings is 1. The number of nitrogens with one attached hydrogen (secondary N) is 1. The third kappa shape index (κ3) is 5.12. The van der Waals surface area contributed by atoms with Gasteiger partial charge >= 0.3 is 0 Å². The van der Waals surface area contributed by atoms with Gasteiger partial charge in [0.1, 0.15) is 11.6 Å². The Bertz CT molecular complexity index is 1920. The minimum Gasteiger partial charge on any atom is -0.496 e. The molecule has 3 aromatic heterocycles. The van der Waals surface area contributed by atoms with Crippen LogP contribution >= 0.6 is 11.3 Å². The number of pyridine rings is 1.